The molecule has 7 heteroatoms. The number of carbonyl (C=O) groups is 1. The van der Waals surface area contributed by atoms with Crippen LogP contribution in [0.3, 0.4) is 0 Å². The lowest BCUT2D eigenvalue weighted by atomic mass is 10.1. The van der Waals surface area contributed by atoms with Gasteiger partial charge in [0.25, 0.3) is 0 Å². The number of hydrogen-bond donors (Lipinski definition) is 1. The van der Waals surface area contributed by atoms with Crippen molar-refractivity contribution in [2.24, 2.45) is 0 Å². The Morgan fingerprint density at radius 1 is 1.35 bits per heavy atom. The van der Waals surface area contributed by atoms with Gasteiger partial charge in [-0.25, -0.2) is 4.79 Å². The smallest absolute Gasteiger partial charge is 0.358 e. The molecule has 0 aromatic carbocycles. The molecule has 1 atom stereocenters. The van der Waals surface area contributed by atoms with Crippen LogP contribution in [-0.2, 0) is 4.74 Å². The van der Waals surface area contributed by atoms with Crippen molar-refractivity contribution in [1.29, 1.82) is 0 Å². The van der Waals surface area contributed by atoms with Crippen molar-refractivity contribution in [3.05, 3.63) is 17.8 Å². The lowest BCUT2D eigenvalue weighted by molar-refractivity contribution is 0.0189. The second kappa shape index (κ2) is 5.72. The van der Waals surface area contributed by atoms with Crippen LogP contribution in [0.5, 0.6) is 0 Å². The molecule has 2 bridgehead atoms. The first-order valence-electron chi connectivity index (χ1n) is 6.88. The molecule has 3 aliphatic rings. The fraction of sp³-hybridized carbons (Fsp3) is 0.615. The van der Waals surface area contributed by atoms with Crippen molar-refractivity contribution >= 4 is 11.8 Å². The van der Waals surface area contributed by atoms with Crippen LogP contribution in [0.25, 0.3) is 0 Å². The maximum Gasteiger partial charge on any atom is 0.358 e. The van der Waals surface area contributed by atoms with Gasteiger partial charge in [-0.15, -0.1) is 10.2 Å². The van der Waals surface area contributed by atoms with E-state index >= 15 is 0 Å². The van der Waals surface area contributed by atoms with E-state index < -0.39 is 5.97 Å². The van der Waals surface area contributed by atoms with Gasteiger partial charge in [0.2, 0.25) is 0 Å². The van der Waals surface area contributed by atoms with Crippen molar-refractivity contribution in [3.63, 3.8) is 0 Å². The zero-order valence-corrected chi connectivity index (χ0v) is 11.6. The number of carbonyl (C=O) groups excluding carboxylic acids is 1. The summed E-state index contributed by atoms with van der Waals surface area (Å²) in [5, 5.41) is 11.1. The Morgan fingerprint density at radius 2 is 2.15 bits per heavy atom. The van der Waals surface area contributed by atoms with Crippen LogP contribution in [0.15, 0.2) is 12.1 Å². The Hall–Kier alpha value is -1.73. The largest absolute Gasteiger partial charge is 0.464 e. The summed E-state index contributed by atoms with van der Waals surface area (Å²) in [4.78, 5) is 16.3. The maximum absolute atomic E-state index is 11.3. The number of aromatic nitrogens is 2. The number of esters is 1. The van der Waals surface area contributed by atoms with E-state index in [2.05, 4.69) is 30.1 Å². The van der Waals surface area contributed by atoms with Gasteiger partial charge in [-0.1, -0.05) is 0 Å². The average Bonchev–Trinajstić information content (AvgIpc) is 2.54. The molecule has 4 rings (SSSR count). The van der Waals surface area contributed by atoms with Gasteiger partial charge in [-0.2, -0.15) is 0 Å². The van der Waals surface area contributed by atoms with E-state index in [9.17, 15) is 4.79 Å². The minimum absolute atomic E-state index is 0.227. The van der Waals surface area contributed by atoms with E-state index in [0.717, 1.165) is 26.2 Å². The summed E-state index contributed by atoms with van der Waals surface area (Å²) >= 11 is 0. The molecule has 1 unspecified atom stereocenters. The van der Waals surface area contributed by atoms with E-state index in [-0.39, 0.29) is 5.69 Å². The molecule has 0 saturated carbocycles. The Kier molecular flexibility index (Phi) is 3.79. The molecule has 0 aliphatic carbocycles. The highest BCUT2D eigenvalue weighted by molar-refractivity contribution is 5.86. The number of rotatable bonds is 4. The van der Waals surface area contributed by atoms with Crippen LogP contribution in [0.1, 0.15) is 10.5 Å². The van der Waals surface area contributed by atoms with E-state index in [1.54, 1.807) is 12.1 Å². The summed E-state index contributed by atoms with van der Waals surface area (Å²) in [6.45, 7) is 6.64. The zero-order chi connectivity index (χ0) is 13.9. The highest BCUT2D eigenvalue weighted by Crippen LogP contribution is 2.16. The van der Waals surface area contributed by atoms with E-state index in [1.807, 2.05) is 0 Å². The topological polar surface area (TPSA) is 70.6 Å². The SMILES string of the molecule is COC(=O)c1ccc(NCC2CN3CCN2CC3)nn1. The molecule has 108 valence electrons. The van der Waals surface area contributed by atoms with Crippen molar-refractivity contribution in [1.82, 2.24) is 20.0 Å². The number of methoxy groups -OCH3 is 1. The first-order valence-corrected chi connectivity index (χ1v) is 6.88. The fourth-order valence-electron chi connectivity index (χ4n) is 2.78. The van der Waals surface area contributed by atoms with Crippen LogP contribution in [0, 0.1) is 0 Å². The van der Waals surface area contributed by atoms with E-state index in [0.29, 0.717) is 11.9 Å². The highest BCUT2D eigenvalue weighted by atomic mass is 16.5. The summed E-state index contributed by atoms with van der Waals surface area (Å²) < 4.78 is 4.59. The Bertz CT molecular complexity index is 470. The summed E-state index contributed by atoms with van der Waals surface area (Å²) in [7, 11) is 1.33. The van der Waals surface area contributed by atoms with Crippen LogP contribution >= 0.6 is 0 Å². The van der Waals surface area contributed by atoms with Crippen LogP contribution < -0.4 is 5.32 Å². The summed E-state index contributed by atoms with van der Waals surface area (Å²) in [6, 6.07) is 3.91. The monoisotopic (exact) mass is 277 g/mol. The summed E-state index contributed by atoms with van der Waals surface area (Å²) in [6.07, 6.45) is 0. The minimum Gasteiger partial charge on any atom is -0.464 e. The molecule has 0 spiro atoms. The van der Waals surface area contributed by atoms with Gasteiger partial charge in [0, 0.05) is 45.3 Å². The van der Waals surface area contributed by atoms with Gasteiger partial charge in [0.1, 0.15) is 5.82 Å². The van der Waals surface area contributed by atoms with E-state index in [1.165, 1.54) is 20.2 Å². The van der Waals surface area contributed by atoms with Crippen molar-refractivity contribution in [3.8, 4) is 0 Å². The van der Waals surface area contributed by atoms with Gasteiger partial charge in [0.05, 0.1) is 7.11 Å². The molecule has 4 heterocycles. The predicted octanol–water partition coefficient (Wildman–Crippen LogP) is -0.325. The number of anilines is 1. The predicted molar refractivity (Wildman–Crippen MR) is 73.7 cm³/mol. The van der Waals surface area contributed by atoms with Gasteiger partial charge in [-0.05, 0) is 12.1 Å². The molecule has 3 aliphatic heterocycles. The Balaban J connectivity index is 1.54. The lowest BCUT2D eigenvalue weighted by Crippen LogP contribution is -2.62. The third-order valence-corrected chi connectivity index (χ3v) is 3.97. The molecule has 1 N–H and O–H groups in total. The van der Waals surface area contributed by atoms with Crippen LogP contribution in [-0.4, -0.2) is 78.4 Å². The molecular weight excluding hydrogens is 258 g/mol. The molecule has 7 nitrogen and oxygen atoms in total. The molecular formula is C13H19N5O2. The first kappa shape index (κ1) is 13.3. The number of nitrogens with zero attached hydrogens (tertiary/aromatic N) is 4. The van der Waals surface area contributed by atoms with Gasteiger partial charge in [-0.3, -0.25) is 9.80 Å². The lowest BCUT2D eigenvalue weighted by Gasteiger charge is -2.47. The third-order valence-electron chi connectivity index (χ3n) is 3.97. The van der Waals surface area contributed by atoms with Gasteiger partial charge >= 0.3 is 5.97 Å². The number of ether oxygens (including phenoxy) is 1. The van der Waals surface area contributed by atoms with Gasteiger partial charge in [0.15, 0.2) is 5.69 Å². The number of nitrogens with one attached hydrogen (secondary N) is 1. The zero-order valence-electron chi connectivity index (χ0n) is 11.6. The van der Waals surface area contributed by atoms with E-state index in [4.69, 9.17) is 0 Å². The minimum atomic E-state index is -0.465. The number of fused-ring (bicyclic) bond motifs is 3. The average molecular weight is 277 g/mol. The second-order valence-electron chi connectivity index (χ2n) is 5.17. The third kappa shape index (κ3) is 2.73. The van der Waals surface area contributed by atoms with Crippen molar-refractivity contribution < 1.29 is 9.53 Å². The standard InChI is InChI=1S/C13H19N5O2/c1-20-13(19)11-2-3-12(16-15-11)14-8-10-9-17-4-6-18(10)7-5-17/h2-3,10H,4-9H2,1H3,(H,14,16). The fourth-order valence-corrected chi connectivity index (χ4v) is 2.78. The Labute approximate surface area is 117 Å². The van der Waals surface area contributed by atoms with Crippen molar-refractivity contribution in [2.45, 2.75) is 6.04 Å². The number of hydrogen-bond acceptors (Lipinski definition) is 7. The van der Waals surface area contributed by atoms with Crippen LogP contribution in [0.4, 0.5) is 5.82 Å². The summed E-state index contributed by atoms with van der Waals surface area (Å²) in [5.41, 5.74) is 0.227. The highest BCUT2D eigenvalue weighted by Gasteiger charge is 2.31. The molecule has 1 aromatic heterocycles. The van der Waals surface area contributed by atoms with Crippen molar-refractivity contribution in [2.75, 3.05) is 51.7 Å². The summed E-state index contributed by atoms with van der Waals surface area (Å²) in [5.74, 6) is 0.225. The Morgan fingerprint density at radius 3 is 2.70 bits per heavy atom. The molecule has 0 radical (unpaired) electrons. The first-order chi connectivity index (χ1) is 9.76. The maximum atomic E-state index is 11.3. The molecule has 0 amide bonds. The van der Waals surface area contributed by atoms with Gasteiger partial charge < -0.3 is 10.1 Å². The molecule has 3 fully saturated rings. The number of piperazine rings is 3. The molecule has 3 saturated heterocycles. The van der Waals surface area contributed by atoms with Crippen LogP contribution in [0.2, 0.25) is 0 Å². The molecule has 1 aromatic rings. The molecule has 20 heavy (non-hydrogen) atoms. The normalized spacial score (nSPS) is 28.1. The quantitative estimate of drug-likeness (QED) is 0.756. The second-order valence-corrected chi connectivity index (χ2v) is 5.17.